The fourth-order valence-corrected chi connectivity index (χ4v) is 7.45. The second kappa shape index (κ2) is 6.29. The molecule has 8 rings (SSSR count). The number of fused-ring (bicyclic) bond motifs is 3. The molecule has 1 saturated heterocycles. The fraction of sp³-hybridized carbons (Fsp3) is 0.407. The molecule has 4 heterocycles. The van der Waals surface area contributed by atoms with E-state index in [0.29, 0.717) is 30.6 Å². The van der Waals surface area contributed by atoms with Gasteiger partial charge in [-0.05, 0) is 43.1 Å². The molecule has 2 bridgehead atoms. The van der Waals surface area contributed by atoms with Crippen LogP contribution in [0, 0.1) is 0 Å². The number of benzene rings is 2. The van der Waals surface area contributed by atoms with Crippen LogP contribution < -0.4 is 15.0 Å². The van der Waals surface area contributed by atoms with E-state index in [2.05, 4.69) is 5.32 Å². The summed E-state index contributed by atoms with van der Waals surface area (Å²) in [6.45, 7) is 4.76. The lowest BCUT2D eigenvalue weighted by atomic mass is 9.49. The molecule has 7 nitrogen and oxygen atoms in total. The molecule has 0 unspecified atom stereocenters. The number of ether oxygens (including phenoxy) is 1. The molecule has 7 heteroatoms. The van der Waals surface area contributed by atoms with Crippen molar-refractivity contribution in [3.05, 3.63) is 58.3 Å². The summed E-state index contributed by atoms with van der Waals surface area (Å²) in [4.78, 5) is 19.7. The normalized spacial score (nSPS) is 30.9. The minimum absolute atomic E-state index is 0.0504. The molecule has 1 spiro atoms. The quantitative estimate of drug-likeness (QED) is 0.480. The van der Waals surface area contributed by atoms with Gasteiger partial charge in [-0.2, -0.15) is 0 Å². The maximum absolute atomic E-state index is 13.0. The SMILES string of the molecule is CC.CN1C(=O)c2cccc3nc4c(c1c23)C[C@@]1(O)[C@H]2Cc3ccc(O)c5c3[C@@]1(CCN2)[C@H]4O5. The Morgan fingerprint density at radius 2 is 2.06 bits per heavy atom. The van der Waals surface area contributed by atoms with Gasteiger partial charge < -0.3 is 25.2 Å². The van der Waals surface area contributed by atoms with E-state index in [1.807, 2.05) is 38.1 Å². The van der Waals surface area contributed by atoms with Crippen molar-refractivity contribution in [2.24, 2.45) is 0 Å². The Bertz CT molecular complexity index is 1440. The van der Waals surface area contributed by atoms with E-state index >= 15 is 0 Å². The van der Waals surface area contributed by atoms with Gasteiger partial charge >= 0.3 is 0 Å². The number of carbonyl (C=O) groups is 1. The van der Waals surface area contributed by atoms with E-state index < -0.39 is 17.1 Å². The van der Waals surface area contributed by atoms with Gasteiger partial charge in [-0.1, -0.05) is 26.0 Å². The number of nitrogens with one attached hydrogen (secondary N) is 1. The largest absolute Gasteiger partial charge is 0.504 e. The summed E-state index contributed by atoms with van der Waals surface area (Å²) in [5.41, 5.74) is 4.19. The van der Waals surface area contributed by atoms with Gasteiger partial charge in [0.05, 0.1) is 33.5 Å². The number of aromatic hydroxyl groups is 1. The predicted octanol–water partition coefficient (Wildman–Crippen LogP) is 3.13. The first-order valence-electron chi connectivity index (χ1n) is 12.2. The molecule has 1 amide bonds. The van der Waals surface area contributed by atoms with Crippen molar-refractivity contribution >= 4 is 22.5 Å². The Kier molecular flexibility index (Phi) is 3.74. The fourth-order valence-electron chi connectivity index (χ4n) is 7.45. The first-order chi connectivity index (χ1) is 16.5. The van der Waals surface area contributed by atoms with Crippen LogP contribution in [0.1, 0.15) is 59.1 Å². The summed E-state index contributed by atoms with van der Waals surface area (Å²) < 4.78 is 6.52. The van der Waals surface area contributed by atoms with E-state index in [4.69, 9.17) is 9.72 Å². The molecule has 3 aromatic rings. The number of piperidine rings is 1. The summed E-state index contributed by atoms with van der Waals surface area (Å²) in [6, 6.07) is 9.15. The van der Waals surface area contributed by atoms with Gasteiger partial charge in [-0.3, -0.25) is 4.79 Å². The third-order valence-electron chi connectivity index (χ3n) is 8.72. The average Bonchev–Trinajstić information content (AvgIpc) is 3.31. The maximum atomic E-state index is 13.0. The van der Waals surface area contributed by atoms with Crippen LogP contribution in [0.25, 0.3) is 10.9 Å². The number of hydrogen-bond donors (Lipinski definition) is 3. The highest BCUT2D eigenvalue weighted by Gasteiger charge is 2.72. The number of nitrogens with zero attached hydrogens (tertiary/aromatic N) is 2. The van der Waals surface area contributed by atoms with Gasteiger partial charge in [0, 0.05) is 36.0 Å². The van der Waals surface area contributed by atoms with Crippen LogP contribution in [-0.4, -0.2) is 46.3 Å². The van der Waals surface area contributed by atoms with E-state index in [-0.39, 0.29) is 17.7 Å². The van der Waals surface area contributed by atoms with Gasteiger partial charge in [-0.25, -0.2) is 4.98 Å². The average molecular weight is 458 g/mol. The smallest absolute Gasteiger partial charge is 0.258 e. The van der Waals surface area contributed by atoms with Gasteiger partial charge in [0.15, 0.2) is 17.6 Å². The predicted molar refractivity (Wildman–Crippen MR) is 128 cm³/mol. The highest BCUT2D eigenvalue weighted by Crippen LogP contribution is 2.68. The highest BCUT2D eigenvalue weighted by molar-refractivity contribution is 6.25. The van der Waals surface area contributed by atoms with Gasteiger partial charge in [0.25, 0.3) is 5.91 Å². The van der Waals surface area contributed by atoms with Crippen molar-refractivity contribution in [3.8, 4) is 11.5 Å². The highest BCUT2D eigenvalue weighted by atomic mass is 16.5. The van der Waals surface area contributed by atoms with Crippen LogP contribution in [0.5, 0.6) is 11.5 Å². The lowest BCUT2D eigenvalue weighted by Crippen LogP contribution is -2.74. The molecule has 5 aliphatic rings. The van der Waals surface area contributed by atoms with Crippen molar-refractivity contribution in [1.82, 2.24) is 10.3 Å². The van der Waals surface area contributed by atoms with Crippen LogP contribution in [0.3, 0.4) is 0 Å². The molecule has 0 saturated carbocycles. The third kappa shape index (κ3) is 1.96. The second-order valence-corrected chi connectivity index (χ2v) is 9.87. The molecule has 3 N–H and O–H groups in total. The molecule has 4 atom stereocenters. The van der Waals surface area contributed by atoms with Crippen LogP contribution in [0.4, 0.5) is 5.69 Å². The molecule has 1 aromatic heterocycles. The zero-order valence-corrected chi connectivity index (χ0v) is 19.5. The number of rotatable bonds is 0. The minimum Gasteiger partial charge on any atom is -0.504 e. The van der Waals surface area contributed by atoms with Crippen molar-refractivity contribution < 1.29 is 19.7 Å². The van der Waals surface area contributed by atoms with Crippen molar-refractivity contribution in [2.75, 3.05) is 18.5 Å². The molecule has 1 fully saturated rings. The number of anilines is 1. The second-order valence-electron chi connectivity index (χ2n) is 9.87. The summed E-state index contributed by atoms with van der Waals surface area (Å²) in [5, 5.41) is 27.6. The molecule has 2 aromatic carbocycles. The maximum Gasteiger partial charge on any atom is 0.258 e. The summed E-state index contributed by atoms with van der Waals surface area (Å²) in [6.07, 6.45) is 1.23. The molecular formula is C27H27N3O4. The Morgan fingerprint density at radius 3 is 2.88 bits per heavy atom. The summed E-state index contributed by atoms with van der Waals surface area (Å²) >= 11 is 0. The van der Waals surface area contributed by atoms with E-state index in [1.54, 1.807) is 18.0 Å². The van der Waals surface area contributed by atoms with Gasteiger partial charge in [0.1, 0.15) is 0 Å². The Balaban J connectivity index is 0.000000977. The van der Waals surface area contributed by atoms with Gasteiger partial charge in [-0.15, -0.1) is 0 Å². The summed E-state index contributed by atoms with van der Waals surface area (Å²) in [5.74, 6) is 0.537. The number of pyridine rings is 1. The number of amides is 1. The first kappa shape index (κ1) is 20.2. The Labute approximate surface area is 197 Å². The molecular weight excluding hydrogens is 430 g/mol. The van der Waals surface area contributed by atoms with E-state index in [0.717, 1.165) is 45.5 Å². The monoisotopic (exact) mass is 457 g/mol. The lowest BCUT2D eigenvalue weighted by Gasteiger charge is -2.60. The number of hydrogen-bond acceptors (Lipinski definition) is 6. The summed E-state index contributed by atoms with van der Waals surface area (Å²) in [7, 11) is 1.79. The van der Waals surface area contributed by atoms with Gasteiger partial charge in [0.2, 0.25) is 0 Å². The molecule has 34 heavy (non-hydrogen) atoms. The molecule has 3 aliphatic heterocycles. The van der Waals surface area contributed by atoms with Crippen molar-refractivity contribution in [1.29, 1.82) is 0 Å². The van der Waals surface area contributed by atoms with Crippen LogP contribution in [0.15, 0.2) is 30.3 Å². The van der Waals surface area contributed by atoms with E-state index in [9.17, 15) is 15.0 Å². The third-order valence-corrected chi connectivity index (χ3v) is 8.72. The molecule has 0 radical (unpaired) electrons. The first-order valence-corrected chi connectivity index (χ1v) is 12.2. The van der Waals surface area contributed by atoms with Crippen LogP contribution in [0.2, 0.25) is 0 Å². The van der Waals surface area contributed by atoms with E-state index in [1.165, 1.54) is 0 Å². The molecule has 2 aliphatic carbocycles. The molecule has 174 valence electrons. The lowest BCUT2D eigenvalue weighted by molar-refractivity contribution is -0.134. The van der Waals surface area contributed by atoms with Crippen LogP contribution in [-0.2, 0) is 18.3 Å². The topological polar surface area (TPSA) is 94.9 Å². The number of phenols is 1. The Morgan fingerprint density at radius 1 is 1.24 bits per heavy atom. The van der Waals surface area contributed by atoms with Crippen LogP contribution >= 0.6 is 0 Å². The number of phenolic OH excluding ortho intramolecular Hbond substituents is 1. The number of carbonyl (C=O) groups excluding carboxylic acids is 1. The zero-order valence-electron chi connectivity index (χ0n) is 19.5. The number of aliphatic hydroxyl groups is 1. The van der Waals surface area contributed by atoms with Crippen molar-refractivity contribution in [3.63, 3.8) is 0 Å². The Hall–Kier alpha value is -3.16. The standard InChI is InChI=1S/C25H21N3O4.C2H6/c1-28-20-13-10-25(31)16-9-11-5-6-15(29)21-18(11)24(25,7-8-26-16)22(32-21)19(13)27-14-4-2-3-12(17(14)20)23(28)30;1-2/h2-6,16,22,26,29,31H,7-10H2,1H3;1-2H3/t16-,22+,24+,25-;/m1./s1. The minimum atomic E-state index is -1.11. The zero-order chi connectivity index (χ0) is 23.6. The van der Waals surface area contributed by atoms with Crippen molar-refractivity contribution in [2.45, 2.75) is 56.3 Å². The number of aromatic nitrogens is 1.